The number of hydrogen-bond donors (Lipinski definition) is 3. The normalized spacial score (nSPS) is 11.9. The average molecular weight is 235 g/mol. The number of hydrogen-bond acceptors (Lipinski definition) is 5. The minimum absolute atomic E-state index is 0.0808. The third-order valence-electron chi connectivity index (χ3n) is 1.68. The van der Waals surface area contributed by atoms with Crippen LogP contribution in [0.25, 0.3) is 0 Å². The molecule has 1 aromatic heterocycles. The fourth-order valence-corrected chi connectivity index (χ4v) is 1.96. The van der Waals surface area contributed by atoms with Crippen LogP contribution in [0.2, 0.25) is 0 Å². The van der Waals surface area contributed by atoms with Crippen molar-refractivity contribution in [1.82, 2.24) is 4.72 Å². The van der Waals surface area contributed by atoms with Gasteiger partial charge in [0, 0.05) is 13.2 Å². The van der Waals surface area contributed by atoms with Gasteiger partial charge in [-0.15, -0.1) is 0 Å². The van der Waals surface area contributed by atoms with E-state index in [1.807, 2.05) is 0 Å². The van der Waals surface area contributed by atoms with Crippen LogP contribution in [0.4, 0.5) is 0 Å². The molecule has 1 heterocycles. The molecule has 0 aliphatic heterocycles. The van der Waals surface area contributed by atoms with Gasteiger partial charge in [0.2, 0.25) is 5.09 Å². The Morgan fingerprint density at radius 3 is 2.60 bits per heavy atom. The summed E-state index contributed by atoms with van der Waals surface area (Å²) in [7, 11) is -3.66. The lowest BCUT2D eigenvalue weighted by Gasteiger charge is -2.02. The molecule has 0 spiro atoms. The van der Waals surface area contributed by atoms with Crippen molar-refractivity contribution in [3.8, 4) is 0 Å². The van der Waals surface area contributed by atoms with E-state index in [1.54, 1.807) is 0 Å². The van der Waals surface area contributed by atoms with Crippen LogP contribution in [0.5, 0.6) is 0 Å². The summed E-state index contributed by atoms with van der Waals surface area (Å²) < 4.78 is 30.1. The third kappa shape index (κ3) is 3.31. The predicted molar refractivity (Wildman–Crippen MR) is 51.5 cm³/mol. The van der Waals surface area contributed by atoms with Crippen LogP contribution < -0.4 is 4.72 Å². The number of aliphatic hydroxyl groups is 2. The molecule has 6 nitrogen and oxygen atoms in total. The van der Waals surface area contributed by atoms with Gasteiger partial charge in [-0.05, 0) is 18.6 Å². The SMILES string of the molecule is O=S(=O)(NCCCO)c1ccc(CO)o1. The Labute approximate surface area is 87.6 Å². The first kappa shape index (κ1) is 12.2. The quantitative estimate of drug-likeness (QED) is 0.573. The summed E-state index contributed by atoms with van der Waals surface area (Å²) in [4.78, 5) is 0. The van der Waals surface area contributed by atoms with Gasteiger partial charge in [-0.2, -0.15) is 0 Å². The summed E-state index contributed by atoms with van der Waals surface area (Å²) in [5.41, 5.74) is 0. The van der Waals surface area contributed by atoms with Gasteiger partial charge in [0.25, 0.3) is 10.0 Å². The molecule has 0 unspecified atom stereocenters. The molecule has 0 atom stereocenters. The summed E-state index contributed by atoms with van der Waals surface area (Å²) in [6, 6.07) is 2.66. The second-order valence-corrected chi connectivity index (χ2v) is 4.55. The first-order valence-electron chi connectivity index (χ1n) is 4.40. The van der Waals surface area contributed by atoms with E-state index in [2.05, 4.69) is 4.72 Å². The molecule has 0 saturated carbocycles. The van der Waals surface area contributed by atoms with Crippen LogP contribution in [0.15, 0.2) is 21.6 Å². The zero-order chi connectivity index (χ0) is 11.3. The molecule has 15 heavy (non-hydrogen) atoms. The molecule has 0 amide bonds. The lowest BCUT2D eigenvalue weighted by Crippen LogP contribution is -2.24. The van der Waals surface area contributed by atoms with E-state index in [0.29, 0.717) is 6.42 Å². The van der Waals surface area contributed by atoms with E-state index in [1.165, 1.54) is 12.1 Å². The van der Waals surface area contributed by atoms with E-state index in [9.17, 15) is 8.42 Å². The van der Waals surface area contributed by atoms with Crippen molar-refractivity contribution in [1.29, 1.82) is 0 Å². The molecule has 0 fully saturated rings. The molecular formula is C8H13NO5S. The predicted octanol–water partition coefficient (Wildman–Crippen LogP) is -0.567. The maximum Gasteiger partial charge on any atom is 0.273 e. The maximum atomic E-state index is 11.5. The van der Waals surface area contributed by atoms with Crippen molar-refractivity contribution < 1.29 is 23.0 Å². The highest BCUT2D eigenvalue weighted by Crippen LogP contribution is 2.13. The van der Waals surface area contributed by atoms with Gasteiger partial charge in [0.1, 0.15) is 12.4 Å². The van der Waals surface area contributed by atoms with Gasteiger partial charge in [0.15, 0.2) is 0 Å². The zero-order valence-corrected chi connectivity index (χ0v) is 8.83. The largest absolute Gasteiger partial charge is 0.446 e. The molecule has 0 aliphatic rings. The Bertz CT molecular complexity index is 397. The number of furan rings is 1. The minimum atomic E-state index is -3.66. The van der Waals surface area contributed by atoms with Gasteiger partial charge in [0.05, 0.1) is 0 Å². The third-order valence-corrected chi connectivity index (χ3v) is 3.02. The topological polar surface area (TPSA) is 99.8 Å². The molecule has 0 aromatic carbocycles. The van der Waals surface area contributed by atoms with Crippen LogP contribution >= 0.6 is 0 Å². The summed E-state index contributed by atoms with van der Waals surface area (Å²) in [5.74, 6) is 0.192. The van der Waals surface area contributed by atoms with Crippen molar-refractivity contribution in [3.63, 3.8) is 0 Å². The molecule has 86 valence electrons. The Morgan fingerprint density at radius 1 is 1.33 bits per heavy atom. The van der Waals surface area contributed by atoms with Crippen LogP contribution in [0.3, 0.4) is 0 Å². The van der Waals surface area contributed by atoms with Gasteiger partial charge in [-0.3, -0.25) is 0 Å². The van der Waals surface area contributed by atoms with Gasteiger partial charge < -0.3 is 14.6 Å². The summed E-state index contributed by atoms with van der Waals surface area (Å²) in [6.45, 7) is -0.275. The smallest absolute Gasteiger partial charge is 0.273 e. The van der Waals surface area contributed by atoms with Crippen molar-refractivity contribution in [3.05, 3.63) is 17.9 Å². The van der Waals surface area contributed by atoms with Crippen molar-refractivity contribution in [2.75, 3.05) is 13.2 Å². The van der Waals surface area contributed by atoms with Crippen molar-refractivity contribution in [2.45, 2.75) is 18.1 Å². The fourth-order valence-electron chi connectivity index (χ4n) is 0.944. The van der Waals surface area contributed by atoms with Crippen molar-refractivity contribution in [2.24, 2.45) is 0 Å². The van der Waals surface area contributed by atoms with Crippen molar-refractivity contribution >= 4 is 10.0 Å². The number of nitrogens with one attached hydrogen (secondary N) is 1. The molecule has 7 heteroatoms. The van der Waals surface area contributed by atoms with E-state index < -0.39 is 10.0 Å². The van der Waals surface area contributed by atoms with Gasteiger partial charge in [-0.25, -0.2) is 13.1 Å². The highest BCUT2D eigenvalue weighted by molar-refractivity contribution is 7.89. The van der Waals surface area contributed by atoms with Crippen LogP contribution in [-0.4, -0.2) is 31.8 Å². The minimum Gasteiger partial charge on any atom is -0.446 e. The Kier molecular flexibility index (Phi) is 4.28. The maximum absolute atomic E-state index is 11.5. The molecule has 0 radical (unpaired) electrons. The van der Waals surface area contributed by atoms with E-state index in [0.717, 1.165) is 0 Å². The standard InChI is InChI=1S/C8H13NO5S/c10-5-1-4-9-15(12,13)8-3-2-7(6-11)14-8/h2-3,9-11H,1,4-6H2. The van der Waals surface area contributed by atoms with E-state index >= 15 is 0 Å². The zero-order valence-electron chi connectivity index (χ0n) is 8.01. The summed E-state index contributed by atoms with van der Waals surface area (Å²) in [5, 5.41) is 16.9. The lowest BCUT2D eigenvalue weighted by molar-refractivity contribution is 0.236. The van der Waals surface area contributed by atoms with Crippen LogP contribution in [0.1, 0.15) is 12.2 Å². The highest BCUT2D eigenvalue weighted by atomic mass is 32.2. The second-order valence-electron chi connectivity index (χ2n) is 2.85. The molecule has 1 rings (SSSR count). The summed E-state index contributed by atoms with van der Waals surface area (Å²) >= 11 is 0. The average Bonchev–Trinajstić information content (AvgIpc) is 2.66. The Morgan fingerprint density at radius 2 is 2.07 bits per heavy atom. The molecular weight excluding hydrogens is 222 g/mol. The molecule has 0 aliphatic carbocycles. The van der Waals surface area contributed by atoms with Gasteiger partial charge >= 0.3 is 0 Å². The monoisotopic (exact) mass is 235 g/mol. The summed E-state index contributed by atoms with van der Waals surface area (Å²) in [6.07, 6.45) is 0.340. The molecule has 0 saturated heterocycles. The molecule has 0 bridgehead atoms. The Balaban J connectivity index is 2.68. The molecule has 3 N–H and O–H groups in total. The van der Waals surface area contributed by atoms with E-state index in [-0.39, 0.29) is 30.6 Å². The first-order valence-corrected chi connectivity index (χ1v) is 5.88. The number of aliphatic hydroxyl groups excluding tert-OH is 2. The number of rotatable bonds is 6. The number of sulfonamides is 1. The van der Waals surface area contributed by atoms with Gasteiger partial charge in [-0.1, -0.05) is 0 Å². The highest BCUT2D eigenvalue weighted by Gasteiger charge is 2.17. The van der Waals surface area contributed by atoms with Crippen LogP contribution in [0, 0.1) is 0 Å². The Hall–Kier alpha value is -0.890. The second kappa shape index (κ2) is 5.26. The van der Waals surface area contributed by atoms with Crippen LogP contribution in [-0.2, 0) is 16.6 Å². The van der Waals surface area contributed by atoms with E-state index in [4.69, 9.17) is 14.6 Å². The lowest BCUT2D eigenvalue weighted by atomic mass is 10.5. The molecule has 1 aromatic rings. The fraction of sp³-hybridized carbons (Fsp3) is 0.500. The first-order chi connectivity index (χ1) is 7.10.